The van der Waals surface area contributed by atoms with Crippen molar-refractivity contribution in [3.8, 4) is 0 Å². The van der Waals surface area contributed by atoms with Gasteiger partial charge in [-0.15, -0.1) is 0 Å². The van der Waals surface area contributed by atoms with Crippen LogP contribution in [0.25, 0.3) is 0 Å². The zero-order valence-corrected chi connectivity index (χ0v) is 14.9. The minimum atomic E-state index is 0.306. The molecule has 0 spiro atoms. The SMILES string of the molecule is CCC(CC)C(CNC(=O)C1CC2CCC1C2)N1CCOCC1. The standard InChI is InChI=1S/C19H34N2O2/c1-3-15(4-2)18(21-7-9-23-10-8-21)13-20-19(22)17-12-14-5-6-16(17)11-14/h14-18H,3-13H2,1-2H3,(H,20,22). The van der Waals surface area contributed by atoms with Crippen LogP contribution in [-0.2, 0) is 9.53 Å². The lowest BCUT2D eigenvalue weighted by Gasteiger charge is -2.39. The first-order valence-electron chi connectivity index (χ1n) is 9.82. The van der Waals surface area contributed by atoms with E-state index in [1.54, 1.807) is 0 Å². The number of carbonyl (C=O) groups excluding carboxylic acids is 1. The molecule has 1 N–H and O–H groups in total. The number of amides is 1. The van der Waals surface area contributed by atoms with Crippen molar-refractivity contribution >= 4 is 5.91 Å². The fourth-order valence-corrected chi connectivity index (χ4v) is 5.24. The highest BCUT2D eigenvalue weighted by molar-refractivity contribution is 5.79. The summed E-state index contributed by atoms with van der Waals surface area (Å²) in [7, 11) is 0. The summed E-state index contributed by atoms with van der Waals surface area (Å²) >= 11 is 0. The zero-order chi connectivity index (χ0) is 16.2. The van der Waals surface area contributed by atoms with E-state index < -0.39 is 0 Å². The Morgan fingerprint density at radius 3 is 2.48 bits per heavy atom. The van der Waals surface area contributed by atoms with Gasteiger partial charge in [0.15, 0.2) is 0 Å². The fourth-order valence-electron chi connectivity index (χ4n) is 5.24. The quantitative estimate of drug-likeness (QED) is 0.783. The number of ether oxygens (including phenoxy) is 1. The minimum absolute atomic E-state index is 0.306. The van der Waals surface area contributed by atoms with Gasteiger partial charge in [-0.3, -0.25) is 9.69 Å². The second kappa shape index (κ2) is 7.98. The lowest BCUT2D eigenvalue weighted by atomic mass is 9.87. The van der Waals surface area contributed by atoms with Crippen LogP contribution >= 0.6 is 0 Å². The van der Waals surface area contributed by atoms with E-state index in [4.69, 9.17) is 4.74 Å². The molecule has 3 rings (SSSR count). The summed E-state index contributed by atoms with van der Waals surface area (Å²) in [5, 5.41) is 3.33. The van der Waals surface area contributed by atoms with Crippen LogP contribution in [0.2, 0.25) is 0 Å². The van der Waals surface area contributed by atoms with Crippen LogP contribution in [0.15, 0.2) is 0 Å². The average molecular weight is 322 g/mol. The lowest BCUT2D eigenvalue weighted by molar-refractivity contribution is -0.127. The van der Waals surface area contributed by atoms with E-state index in [0.29, 0.717) is 29.7 Å². The highest BCUT2D eigenvalue weighted by atomic mass is 16.5. The molecule has 1 heterocycles. The monoisotopic (exact) mass is 322 g/mol. The number of morpholine rings is 1. The van der Waals surface area contributed by atoms with E-state index in [1.165, 1.54) is 32.1 Å². The molecule has 1 saturated heterocycles. The van der Waals surface area contributed by atoms with Crippen molar-refractivity contribution in [1.29, 1.82) is 0 Å². The summed E-state index contributed by atoms with van der Waals surface area (Å²) < 4.78 is 5.51. The number of rotatable bonds is 7. The summed E-state index contributed by atoms with van der Waals surface area (Å²) in [6.45, 7) is 9.04. The third-order valence-corrected chi connectivity index (χ3v) is 6.67. The van der Waals surface area contributed by atoms with Gasteiger partial charge < -0.3 is 10.1 Å². The Morgan fingerprint density at radius 1 is 1.17 bits per heavy atom. The van der Waals surface area contributed by atoms with Crippen molar-refractivity contribution < 1.29 is 9.53 Å². The van der Waals surface area contributed by atoms with Gasteiger partial charge in [-0.05, 0) is 37.0 Å². The Bertz CT molecular complexity index is 391. The molecule has 2 bridgehead atoms. The van der Waals surface area contributed by atoms with Crippen LogP contribution < -0.4 is 5.32 Å². The van der Waals surface area contributed by atoms with Gasteiger partial charge in [-0.25, -0.2) is 0 Å². The molecule has 1 aliphatic heterocycles. The molecule has 4 nitrogen and oxygen atoms in total. The van der Waals surface area contributed by atoms with Crippen molar-refractivity contribution in [1.82, 2.24) is 10.2 Å². The molecule has 2 aliphatic carbocycles. The van der Waals surface area contributed by atoms with Gasteiger partial charge in [0.25, 0.3) is 0 Å². The van der Waals surface area contributed by atoms with Gasteiger partial charge in [0.1, 0.15) is 0 Å². The van der Waals surface area contributed by atoms with Gasteiger partial charge in [0, 0.05) is 31.6 Å². The van der Waals surface area contributed by atoms with Crippen molar-refractivity contribution in [3.05, 3.63) is 0 Å². The Kier molecular flexibility index (Phi) is 5.97. The van der Waals surface area contributed by atoms with Gasteiger partial charge in [0.05, 0.1) is 13.2 Å². The van der Waals surface area contributed by atoms with Gasteiger partial charge >= 0.3 is 0 Å². The van der Waals surface area contributed by atoms with Crippen LogP contribution in [0.3, 0.4) is 0 Å². The molecule has 4 heteroatoms. The second-order valence-corrected chi connectivity index (χ2v) is 7.82. The van der Waals surface area contributed by atoms with Crippen LogP contribution in [0.5, 0.6) is 0 Å². The predicted molar refractivity (Wildman–Crippen MR) is 92.2 cm³/mol. The van der Waals surface area contributed by atoms with Crippen molar-refractivity contribution in [2.24, 2.45) is 23.7 Å². The predicted octanol–water partition coefficient (Wildman–Crippen LogP) is 2.68. The zero-order valence-electron chi connectivity index (χ0n) is 14.9. The van der Waals surface area contributed by atoms with Crippen LogP contribution in [-0.4, -0.2) is 49.7 Å². The van der Waals surface area contributed by atoms with Gasteiger partial charge in [-0.2, -0.15) is 0 Å². The molecule has 0 aromatic rings. The highest BCUT2D eigenvalue weighted by Gasteiger charge is 2.43. The van der Waals surface area contributed by atoms with E-state index >= 15 is 0 Å². The molecule has 3 aliphatic rings. The van der Waals surface area contributed by atoms with Crippen LogP contribution in [0.4, 0.5) is 0 Å². The number of fused-ring (bicyclic) bond motifs is 2. The number of hydrogen-bond acceptors (Lipinski definition) is 3. The highest BCUT2D eigenvalue weighted by Crippen LogP contribution is 2.48. The number of nitrogens with zero attached hydrogens (tertiary/aromatic N) is 1. The summed E-state index contributed by atoms with van der Waals surface area (Å²) in [5.41, 5.74) is 0. The Morgan fingerprint density at radius 2 is 1.91 bits per heavy atom. The third kappa shape index (κ3) is 3.90. The molecule has 1 amide bonds. The lowest BCUT2D eigenvalue weighted by Crippen LogP contribution is -2.52. The Balaban J connectivity index is 1.55. The molecule has 2 saturated carbocycles. The molecular weight excluding hydrogens is 288 g/mol. The summed E-state index contributed by atoms with van der Waals surface area (Å²) in [5.74, 6) is 2.82. The van der Waals surface area contributed by atoms with E-state index in [2.05, 4.69) is 24.1 Å². The first-order valence-corrected chi connectivity index (χ1v) is 9.82. The normalized spacial score (nSPS) is 32.4. The molecule has 4 unspecified atom stereocenters. The number of hydrogen-bond donors (Lipinski definition) is 1. The Hall–Kier alpha value is -0.610. The summed E-state index contributed by atoms with van der Waals surface area (Å²) in [4.78, 5) is 15.2. The Labute approximate surface area is 141 Å². The molecule has 0 aromatic carbocycles. The first-order chi connectivity index (χ1) is 11.2. The molecule has 23 heavy (non-hydrogen) atoms. The van der Waals surface area contributed by atoms with Crippen LogP contribution in [0.1, 0.15) is 52.4 Å². The van der Waals surface area contributed by atoms with Gasteiger partial charge in [0.2, 0.25) is 5.91 Å². The molecule has 3 fully saturated rings. The third-order valence-electron chi connectivity index (χ3n) is 6.67. The maximum absolute atomic E-state index is 12.7. The summed E-state index contributed by atoms with van der Waals surface area (Å²) in [6.07, 6.45) is 7.45. The number of nitrogens with one attached hydrogen (secondary N) is 1. The first kappa shape index (κ1) is 17.2. The molecule has 0 radical (unpaired) electrons. The maximum atomic E-state index is 12.7. The maximum Gasteiger partial charge on any atom is 0.223 e. The molecule has 132 valence electrons. The van der Waals surface area contributed by atoms with E-state index in [0.717, 1.165) is 45.2 Å². The van der Waals surface area contributed by atoms with Gasteiger partial charge in [-0.1, -0.05) is 33.1 Å². The van der Waals surface area contributed by atoms with Crippen molar-refractivity contribution in [2.75, 3.05) is 32.8 Å². The molecule has 4 atom stereocenters. The topological polar surface area (TPSA) is 41.6 Å². The smallest absolute Gasteiger partial charge is 0.223 e. The second-order valence-electron chi connectivity index (χ2n) is 7.82. The minimum Gasteiger partial charge on any atom is -0.379 e. The van der Waals surface area contributed by atoms with Crippen molar-refractivity contribution in [3.63, 3.8) is 0 Å². The van der Waals surface area contributed by atoms with E-state index in [-0.39, 0.29) is 0 Å². The molecular formula is C19H34N2O2. The largest absolute Gasteiger partial charge is 0.379 e. The van der Waals surface area contributed by atoms with Crippen LogP contribution in [0, 0.1) is 23.7 Å². The van der Waals surface area contributed by atoms with Crippen molar-refractivity contribution in [2.45, 2.75) is 58.4 Å². The number of carbonyl (C=O) groups is 1. The average Bonchev–Trinajstić information content (AvgIpc) is 3.22. The fraction of sp³-hybridized carbons (Fsp3) is 0.947. The molecule has 0 aromatic heterocycles. The summed E-state index contributed by atoms with van der Waals surface area (Å²) in [6, 6.07) is 0.469. The van der Waals surface area contributed by atoms with E-state index in [1.807, 2.05) is 0 Å². The van der Waals surface area contributed by atoms with E-state index in [9.17, 15) is 4.79 Å².